The number of phenolic OH excluding ortho intramolecular Hbond substituents is 1. The third-order valence-corrected chi connectivity index (χ3v) is 5.65. The van der Waals surface area contributed by atoms with Gasteiger partial charge in [0.1, 0.15) is 12.5 Å². The van der Waals surface area contributed by atoms with Gasteiger partial charge in [0.25, 0.3) is 0 Å². The van der Waals surface area contributed by atoms with E-state index in [-0.39, 0.29) is 24.9 Å². The fraction of sp³-hybridized carbons (Fsp3) is 0.286. The Hall–Kier alpha value is -3.27. The molecule has 2 amide bonds. The van der Waals surface area contributed by atoms with Gasteiger partial charge < -0.3 is 29.4 Å². The van der Waals surface area contributed by atoms with E-state index in [1.807, 2.05) is 0 Å². The molecule has 0 aliphatic carbocycles. The lowest BCUT2D eigenvalue weighted by atomic mass is 9.88. The number of esters is 1. The van der Waals surface area contributed by atoms with Crippen molar-refractivity contribution in [1.29, 1.82) is 0 Å². The SMILES string of the molecule is COc1cc(C2NC(=O)N=C(C)C2C(=O)OCc2ccc3c(c2)OCO3)cc(Br)c1O. The zero-order valence-electron chi connectivity index (χ0n) is 16.7. The van der Waals surface area contributed by atoms with Crippen molar-refractivity contribution in [1.82, 2.24) is 5.32 Å². The van der Waals surface area contributed by atoms with E-state index in [1.165, 1.54) is 7.11 Å². The monoisotopic (exact) mass is 490 g/mol. The van der Waals surface area contributed by atoms with Crippen LogP contribution in [-0.4, -0.2) is 36.7 Å². The Morgan fingerprint density at radius 2 is 2.06 bits per heavy atom. The molecule has 0 aromatic heterocycles. The summed E-state index contributed by atoms with van der Waals surface area (Å²) in [5, 5.41) is 12.8. The Kier molecular flexibility index (Phi) is 5.73. The van der Waals surface area contributed by atoms with E-state index < -0.39 is 24.0 Å². The van der Waals surface area contributed by atoms with E-state index in [2.05, 4.69) is 26.2 Å². The maximum absolute atomic E-state index is 13.0. The Bertz CT molecular complexity index is 1090. The number of ether oxygens (including phenoxy) is 4. The molecule has 2 heterocycles. The van der Waals surface area contributed by atoms with Gasteiger partial charge >= 0.3 is 12.0 Å². The number of aliphatic imine (C=N–C) groups is 1. The number of fused-ring (bicyclic) bond motifs is 1. The summed E-state index contributed by atoms with van der Waals surface area (Å²) in [7, 11) is 1.41. The molecule has 4 rings (SSSR count). The normalized spacial score (nSPS) is 19.5. The molecule has 2 aliphatic heterocycles. The Balaban J connectivity index is 1.58. The molecule has 162 valence electrons. The summed E-state index contributed by atoms with van der Waals surface area (Å²) in [6.07, 6.45) is 0. The van der Waals surface area contributed by atoms with Crippen LogP contribution in [0.3, 0.4) is 0 Å². The standard InChI is InChI=1S/C21H19BrN2O7/c1-10-17(20(26)29-8-11-3-4-14-15(5-11)31-9-30-14)18(24-21(27)23-10)12-6-13(22)19(25)16(7-12)28-2/h3-7,17-18,25H,8-9H2,1-2H3,(H,24,27). The van der Waals surface area contributed by atoms with Gasteiger partial charge in [-0.2, -0.15) is 0 Å². The number of phenols is 1. The van der Waals surface area contributed by atoms with Crippen molar-refractivity contribution in [3.63, 3.8) is 0 Å². The number of rotatable bonds is 5. The fourth-order valence-corrected chi connectivity index (χ4v) is 3.97. The van der Waals surface area contributed by atoms with E-state index in [0.29, 0.717) is 27.2 Å². The van der Waals surface area contributed by atoms with Crippen molar-refractivity contribution in [3.8, 4) is 23.0 Å². The van der Waals surface area contributed by atoms with Crippen LogP contribution >= 0.6 is 15.9 Å². The topological polar surface area (TPSA) is 116 Å². The molecule has 2 aliphatic rings. The Labute approximate surface area is 186 Å². The maximum Gasteiger partial charge on any atom is 0.341 e. The highest BCUT2D eigenvalue weighted by Crippen LogP contribution is 2.39. The van der Waals surface area contributed by atoms with Crippen molar-refractivity contribution in [3.05, 3.63) is 45.9 Å². The number of nitrogens with one attached hydrogen (secondary N) is 1. The summed E-state index contributed by atoms with van der Waals surface area (Å²) in [5.41, 5.74) is 1.61. The third kappa shape index (κ3) is 4.15. The lowest BCUT2D eigenvalue weighted by Gasteiger charge is -2.30. The summed E-state index contributed by atoms with van der Waals surface area (Å²) in [4.78, 5) is 28.9. The minimum Gasteiger partial charge on any atom is -0.503 e. The zero-order valence-corrected chi connectivity index (χ0v) is 18.3. The minimum absolute atomic E-state index is 0.0164. The molecule has 0 saturated carbocycles. The van der Waals surface area contributed by atoms with Crippen LogP contribution in [0.2, 0.25) is 0 Å². The van der Waals surface area contributed by atoms with Gasteiger partial charge in [0, 0.05) is 5.71 Å². The van der Waals surface area contributed by atoms with Gasteiger partial charge in [0.05, 0.1) is 17.6 Å². The third-order valence-electron chi connectivity index (χ3n) is 5.04. The van der Waals surface area contributed by atoms with Gasteiger partial charge in [-0.1, -0.05) is 6.07 Å². The summed E-state index contributed by atoms with van der Waals surface area (Å²) >= 11 is 3.27. The predicted octanol–water partition coefficient (Wildman–Crippen LogP) is 3.48. The summed E-state index contributed by atoms with van der Waals surface area (Å²) < 4.78 is 21.7. The van der Waals surface area contributed by atoms with E-state index in [9.17, 15) is 14.7 Å². The quantitative estimate of drug-likeness (QED) is 0.616. The van der Waals surface area contributed by atoms with Crippen molar-refractivity contribution < 1.29 is 33.6 Å². The highest BCUT2D eigenvalue weighted by molar-refractivity contribution is 9.10. The van der Waals surface area contributed by atoms with Crippen LogP contribution in [0.1, 0.15) is 24.1 Å². The molecule has 2 aromatic rings. The lowest BCUT2D eigenvalue weighted by molar-refractivity contribution is -0.148. The molecule has 2 N–H and O–H groups in total. The van der Waals surface area contributed by atoms with Crippen LogP contribution < -0.4 is 19.5 Å². The number of methoxy groups -OCH3 is 1. The van der Waals surface area contributed by atoms with Crippen LogP contribution in [-0.2, 0) is 16.1 Å². The average molecular weight is 491 g/mol. The average Bonchev–Trinajstić information content (AvgIpc) is 3.21. The first kappa shape index (κ1) is 21.0. The second-order valence-electron chi connectivity index (χ2n) is 7.01. The number of halogens is 1. The van der Waals surface area contributed by atoms with Crippen LogP contribution in [0, 0.1) is 5.92 Å². The lowest BCUT2D eigenvalue weighted by Crippen LogP contribution is -2.44. The number of aromatic hydroxyl groups is 1. The Morgan fingerprint density at radius 1 is 1.29 bits per heavy atom. The molecular weight excluding hydrogens is 472 g/mol. The molecule has 9 nitrogen and oxygen atoms in total. The molecule has 31 heavy (non-hydrogen) atoms. The van der Waals surface area contributed by atoms with Crippen molar-refractivity contribution in [2.45, 2.75) is 19.6 Å². The molecule has 0 spiro atoms. The predicted molar refractivity (Wildman–Crippen MR) is 113 cm³/mol. The molecule has 0 saturated heterocycles. The molecule has 2 unspecified atom stereocenters. The van der Waals surface area contributed by atoms with Crippen LogP contribution in [0.15, 0.2) is 39.8 Å². The minimum atomic E-state index is -0.854. The van der Waals surface area contributed by atoms with Gasteiger partial charge in [-0.15, -0.1) is 0 Å². The van der Waals surface area contributed by atoms with Gasteiger partial charge in [-0.25, -0.2) is 9.79 Å². The smallest absolute Gasteiger partial charge is 0.341 e. The largest absolute Gasteiger partial charge is 0.503 e. The van der Waals surface area contributed by atoms with E-state index in [1.54, 1.807) is 37.3 Å². The van der Waals surface area contributed by atoms with Crippen LogP contribution in [0.4, 0.5) is 4.79 Å². The molecule has 0 radical (unpaired) electrons. The maximum atomic E-state index is 13.0. The molecule has 0 bridgehead atoms. The number of nitrogens with zero attached hydrogens (tertiary/aromatic N) is 1. The van der Waals surface area contributed by atoms with E-state index in [4.69, 9.17) is 18.9 Å². The number of hydrogen-bond donors (Lipinski definition) is 2. The Morgan fingerprint density at radius 3 is 2.84 bits per heavy atom. The van der Waals surface area contributed by atoms with Crippen LogP contribution in [0.25, 0.3) is 0 Å². The second-order valence-corrected chi connectivity index (χ2v) is 7.86. The van der Waals surface area contributed by atoms with E-state index >= 15 is 0 Å². The highest BCUT2D eigenvalue weighted by Gasteiger charge is 2.38. The van der Waals surface area contributed by atoms with Gasteiger partial charge in [-0.3, -0.25) is 4.79 Å². The number of benzene rings is 2. The van der Waals surface area contributed by atoms with Gasteiger partial charge in [-0.05, 0) is 58.2 Å². The highest BCUT2D eigenvalue weighted by atomic mass is 79.9. The summed E-state index contributed by atoms with van der Waals surface area (Å²) in [5.74, 6) is -0.0537. The van der Waals surface area contributed by atoms with Crippen molar-refractivity contribution >= 4 is 33.6 Å². The van der Waals surface area contributed by atoms with Crippen molar-refractivity contribution in [2.75, 3.05) is 13.9 Å². The molecule has 10 heteroatoms. The first-order chi connectivity index (χ1) is 14.9. The zero-order chi connectivity index (χ0) is 22.1. The molecule has 0 fully saturated rings. The number of hydrogen-bond acceptors (Lipinski definition) is 7. The number of urea groups is 1. The number of carbonyl (C=O) groups is 2. The van der Waals surface area contributed by atoms with Gasteiger partial charge in [0.2, 0.25) is 6.79 Å². The van der Waals surface area contributed by atoms with E-state index in [0.717, 1.165) is 5.56 Å². The number of carbonyl (C=O) groups excluding carboxylic acids is 2. The van der Waals surface area contributed by atoms with Crippen LogP contribution in [0.5, 0.6) is 23.0 Å². The molecule has 2 atom stereocenters. The van der Waals surface area contributed by atoms with Crippen molar-refractivity contribution in [2.24, 2.45) is 10.9 Å². The summed E-state index contributed by atoms with van der Waals surface area (Å²) in [6.45, 7) is 1.77. The summed E-state index contributed by atoms with van der Waals surface area (Å²) in [6, 6.07) is 7.14. The van der Waals surface area contributed by atoms with Gasteiger partial charge in [0.15, 0.2) is 23.0 Å². The second kappa shape index (κ2) is 8.46. The fourth-order valence-electron chi connectivity index (χ4n) is 3.51. The molecule has 2 aromatic carbocycles. The molecular formula is C21H19BrN2O7. The first-order valence-electron chi connectivity index (χ1n) is 9.34. The first-order valence-corrected chi connectivity index (χ1v) is 10.1. The number of amides is 2.